The number of amides is 1. The summed E-state index contributed by atoms with van der Waals surface area (Å²) >= 11 is 0. The molecule has 1 atom stereocenters. The first-order chi connectivity index (χ1) is 11.1. The highest BCUT2D eigenvalue weighted by Crippen LogP contribution is 2.28. The second kappa shape index (κ2) is 6.08. The largest absolute Gasteiger partial charge is 0.497 e. The molecule has 1 amide bonds. The van der Waals surface area contributed by atoms with Gasteiger partial charge in [0.15, 0.2) is 0 Å². The minimum atomic E-state index is -0.358. The zero-order valence-corrected chi connectivity index (χ0v) is 12.9. The average Bonchev–Trinajstić information content (AvgIpc) is 3.23. The van der Waals surface area contributed by atoms with Gasteiger partial charge >= 0.3 is 0 Å². The van der Waals surface area contributed by atoms with Gasteiger partial charge in [-0.25, -0.2) is 5.01 Å². The van der Waals surface area contributed by atoms with Crippen LogP contribution in [0.2, 0.25) is 0 Å². The summed E-state index contributed by atoms with van der Waals surface area (Å²) in [6, 6.07) is 10.3. The van der Waals surface area contributed by atoms with Crippen LogP contribution in [0, 0.1) is 0 Å². The van der Waals surface area contributed by atoms with Crippen LogP contribution >= 0.6 is 0 Å². The molecule has 0 spiro atoms. The molecule has 0 fully saturated rings. The third-order valence-corrected chi connectivity index (χ3v) is 3.75. The van der Waals surface area contributed by atoms with Crippen LogP contribution in [0.25, 0.3) is 0 Å². The van der Waals surface area contributed by atoms with Crippen molar-refractivity contribution in [2.75, 3.05) is 13.7 Å². The second-order valence-corrected chi connectivity index (χ2v) is 5.21. The highest BCUT2D eigenvalue weighted by Gasteiger charge is 2.36. The van der Waals surface area contributed by atoms with Crippen LogP contribution in [-0.2, 0) is 4.79 Å². The number of ether oxygens (including phenoxy) is 1. The molecular weight excluding hydrogens is 296 g/mol. The number of furan rings is 1. The van der Waals surface area contributed by atoms with E-state index >= 15 is 0 Å². The van der Waals surface area contributed by atoms with Crippen molar-refractivity contribution in [3.05, 3.63) is 54.0 Å². The number of benzene rings is 1. The predicted octanol–water partition coefficient (Wildman–Crippen LogP) is 2.47. The molecule has 3 rings (SSSR count). The number of hydrogen-bond donors (Lipinski definition) is 0. The van der Waals surface area contributed by atoms with Gasteiger partial charge in [-0.2, -0.15) is 5.10 Å². The zero-order valence-electron chi connectivity index (χ0n) is 12.9. The van der Waals surface area contributed by atoms with Gasteiger partial charge < -0.3 is 9.15 Å². The van der Waals surface area contributed by atoms with Gasteiger partial charge in [0.25, 0.3) is 0 Å². The molecule has 2 heterocycles. The lowest BCUT2D eigenvalue weighted by molar-refractivity contribution is -0.128. The number of Topliss-reactive ketones (excluding diaryl/α,β-unsaturated/α-hetero) is 1. The summed E-state index contributed by atoms with van der Waals surface area (Å²) in [6.07, 6.45) is 1.54. The number of carbonyl (C=O) groups is 2. The van der Waals surface area contributed by atoms with E-state index in [2.05, 4.69) is 5.10 Å². The summed E-state index contributed by atoms with van der Waals surface area (Å²) in [4.78, 5) is 24.4. The fourth-order valence-electron chi connectivity index (χ4n) is 2.51. The van der Waals surface area contributed by atoms with Crippen LogP contribution in [0.5, 0.6) is 5.75 Å². The number of rotatable bonds is 4. The Morgan fingerprint density at radius 3 is 2.57 bits per heavy atom. The lowest BCUT2D eigenvalue weighted by Crippen LogP contribution is -2.24. The Kier molecular flexibility index (Phi) is 3.97. The number of nitrogens with zero attached hydrogens (tertiary/aromatic N) is 2. The molecular formula is C17H16N2O4. The van der Waals surface area contributed by atoms with E-state index in [0.29, 0.717) is 29.3 Å². The molecule has 118 valence electrons. The second-order valence-electron chi connectivity index (χ2n) is 5.21. The van der Waals surface area contributed by atoms with Crippen molar-refractivity contribution in [3.63, 3.8) is 0 Å². The minimum absolute atomic E-state index is 0.209. The lowest BCUT2D eigenvalue weighted by atomic mass is 9.94. The van der Waals surface area contributed by atoms with Gasteiger partial charge in [0.05, 0.1) is 25.8 Å². The summed E-state index contributed by atoms with van der Waals surface area (Å²) in [5, 5.41) is 5.50. The molecule has 0 bridgehead atoms. The van der Waals surface area contributed by atoms with Crippen LogP contribution in [-0.4, -0.2) is 36.1 Å². The monoisotopic (exact) mass is 312 g/mol. The van der Waals surface area contributed by atoms with Gasteiger partial charge in [0, 0.05) is 12.5 Å². The molecule has 0 saturated carbocycles. The van der Waals surface area contributed by atoms with Gasteiger partial charge in [-0.15, -0.1) is 0 Å². The molecule has 1 aromatic carbocycles. The average molecular weight is 312 g/mol. The smallest absolute Gasteiger partial charge is 0.239 e. The molecule has 6 nitrogen and oxygen atoms in total. The van der Waals surface area contributed by atoms with Gasteiger partial charge in [-0.3, -0.25) is 9.59 Å². The van der Waals surface area contributed by atoms with Gasteiger partial charge in [-0.1, -0.05) is 0 Å². The maximum Gasteiger partial charge on any atom is 0.239 e. The Labute approximate surface area is 133 Å². The number of ketones is 1. The van der Waals surface area contributed by atoms with Crippen LogP contribution in [0.1, 0.15) is 29.0 Å². The fourth-order valence-corrected chi connectivity index (χ4v) is 2.51. The Hall–Kier alpha value is -2.89. The molecule has 23 heavy (non-hydrogen) atoms. The van der Waals surface area contributed by atoms with Crippen molar-refractivity contribution in [1.29, 1.82) is 0 Å². The third kappa shape index (κ3) is 2.88. The van der Waals surface area contributed by atoms with Crippen LogP contribution in [0.3, 0.4) is 0 Å². The molecule has 1 aliphatic heterocycles. The van der Waals surface area contributed by atoms with Gasteiger partial charge in [0.1, 0.15) is 17.2 Å². The van der Waals surface area contributed by atoms with Crippen molar-refractivity contribution in [2.45, 2.75) is 12.8 Å². The van der Waals surface area contributed by atoms with Gasteiger partial charge in [0.2, 0.25) is 11.7 Å². The van der Waals surface area contributed by atoms with E-state index in [9.17, 15) is 9.59 Å². The first-order valence-electron chi connectivity index (χ1n) is 7.19. The zero-order chi connectivity index (χ0) is 16.4. The molecule has 0 N–H and O–H groups in total. The van der Waals surface area contributed by atoms with Gasteiger partial charge in [-0.05, 0) is 36.4 Å². The van der Waals surface area contributed by atoms with E-state index < -0.39 is 0 Å². The van der Waals surface area contributed by atoms with Crippen molar-refractivity contribution in [3.8, 4) is 5.75 Å². The Morgan fingerprint density at radius 2 is 2.00 bits per heavy atom. The summed E-state index contributed by atoms with van der Waals surface area (Å²) in [6.45, 7) is 1.73. The number of methoxy groups -OCH3 is 1. The van der Waals surface area contributed by atoms with Crippen LogP contribution < -0.4 is 4.74 Å². The first kappa shape index (κ1) is 15.0. The summed E-state index contributed by atoms with van der Waals surface area (Å²) in [5.74, 6) is 0.498. The quantitative estimate of drug-likeness (QED) is 0.813. The van der Waals surface area contributed by atoms with E-state index in [4.69, 9.17) is 9.15 Å². The normalized spacial score (nSPS) is 17.0. The molecule has 1 aliphatic rings. The number of hydrazone groups is 1. The first-order valence-corrected chi connectivity index (χ1v) is 7.19. The molecule has 0 saturated heterocycles. The SMILES string of the molecule is COc1ccc(C(=O)C2=NN(C(C)=O)C[C@H]2c2ccco2)cc1. The van der Waals surface area contributed by atoms with Crippen molar-refractivity contribution >= 4 is 17.4 Å². The summed E-state index contributed by atoms with van der Waals surface area (Å²) in [5.41, 5.74) is 0.798. The lowest BCUT2D eigenvalue weighted by Gasteiger charge is -2.10. The maximum absolute atomic E-state index is 12.8. The van der Waals surface area contributed by atoms with E-state index in [1.807, 2.05) is 0 Å². The van der Waals surface area contributed by atoms with Crippen LogP contribution in [0.4, 0.5) is 0 Å². The Morgan fingerprint density at radius 1 is 1.26 bits per heavy atom. The Bertz CT molecular complexity index is 747. The molecule has 6 heteroatoms. The molecule has 2 aromatic rings. The highest BCUT2D eigenvalue weighted by atomic mass is 16.5. The van der Waals surface area contributed by atoms with Crippen LogP contribution in [0.15, 0.2) is 52.2 Å². The molecule has 0 aliphatic carbocycles. The van der Waals surface area contributed by atoms with E-state index in [0.717, 1.165) is 0 Å². The summed E-state index contributed by atoms with van der Waals surface area (Å²) in [7, 11) is 1.57. The summed E-state index contributed by atoms with van der Waals surface area (Å²) < 4.78 is 10.5. The van der Waals surface area contributed by atoms with Crippen molar-refractivity contribution in [1.82, 2.24) is 5.01 Å². The Balaban J connectivity index is 1.94. The number of carbonyl (C=O) groups excluding carboxylic acids is 2. The molecule has 0 unspecified atom stereocenters. The van der Waals surface area contributed by atoms with Crippen molar-refractivity contribution < 1.29 is 18.7 Å². The topological polar surface area (TPSA) is 72.1 Å². The standard InChI is InChI=1S/C17H16N2O4/c1-11(20)19-10-14(15-4-3-9-23-15)16(18-19)17(21)12-5-7-13(22-2)8-6-12/h3-9,14H,10H2,1-2H3/t14-/m0/s1. The van der Waals surface area contributed by atoms with E-state index in [1.165, 1.54) is 11.9 Å². The predicted molar refractivity (Wildman–Crippen MR) is 83.6 cm³/mol. The maximum atomic E-state index is 12.8. The molecule has 0 radical (unpaired) electrons. The molecule has 1 aromatic heterocycles. The van der Waals surface area contributed by atoms with Crippen molar-refractivity contribution in [2.24, 2.45) is 5.10 Å². The number of hydrogen-bond acceptors (Lipinski definition) is 5. The highest BCUT2D eigenvalue weighted by molar-refractivity contribution is 6.48. The van der Waals surface area contributed by atoms with E-state index in [-0.39, 0.29) is 17.6 Å². The van der Waals surface area contributed by atoms with E-state index in [1.54, 1.807) is 49.8 Å². The third-order valence-electron chi connectivity index (χ3n) is 3.75. The minimum Gasteiger partial charge on any atom is -0.497 e. The fraction of sp³-hybridized carbons (Fsp3) is 0.235.